The molecule has 3 N–H and O–H groups in total. The highest BCUT2D eigenvalue weighted by molar-refractivity contribution is 6.31. The normalized spacial score (nSPS) is 18.3. The molecule has 0 spiro atoms. The van der Waals surface area contributed by atoms with Crippen molar-refractivity contribution in [3.8, 4) is 0 Å². The van der Waals surface area contributed by atoms with Crippen LogP contribution in [-0.2, 0) is 11.2 Å². The Morgan fingerprint density at radius 2 is 2.07 bits per heavy atom. The van der Waals surface area contributed by atoms with E-state index in [0.29, 0.717) is 12.6 Å². The molecule has 1 saturated heterocycles. The van der Waals surface area contributed by atoms with Gasteiger partial charge in [0.2, 0.25) is 5.91 Å². The van der Waals surface area contributed by atoms with Crippen molar-refractivity contribution in [2.75, 3.05) is 46.3 Å². The minimum atomic E-state index is 0.155. The van der Waals surface area contributed by atoms with Gasteiger partial charge in [-0.2, -0.15) is 0 Å². The summed E-state index contributed by atoms with van der Waals surface area (Å²) in [7, 11) is 1.82. The van der Waals surface area contributed by atoms with Crippen molar-refractivity contribution >= 4 is 34.4 Å². The van der Waals surface area contributed by atoms with Gasteiger partial charge in [-0.1, -0.05) is 11.6 Å². The number of aliphatic imine (C=N–C) groups is 1. The Balaban J connectivity index is 1.23. The van der Waals surface area contributed by atoms with Crippen LogP contribution in [0.4, 0.5) is 0 Å². The first kappa shape index (κ1) is 20.0. The molecule has 1 amide bonds. The number of carbonyl (C=O) groups excluding carboxylic acids is 1. The third-order valence-electron chi connectivity index (χ3n) is 5.60. The van der Waals surface area contributed by atoms with Crippen molar-refractivity contribution in [3.05, 3.63) is 35.0 Å². The van der Waals surface area contributed by atoms with E-state index in [1.54, 1.807) is 0 Å². The van der Waals surface area contributed by atoms with Crippen LogP contribution in [0, 0.1) is 0 Å². The molecule has 8 heteroatoms. The molecule has 156 valence electrons. The van der Waals surface area contributed by atoms with Crippen LogP contribution in [0.1, 0.15) is 18.4 Å². The monoisotopic (exact) mass is 416 g/mol. The largest absolute Gasteiger partial charge is 0.361 e. The van der Waals surface area contributed by atoms with Gasteiger partial charge in [0.1, 0.15) is 0 Å². The second kappa shape index (κ2) is 9.05. The van der Waals surface area contributed by atoms with Gasteiger partial charge in [-0.15, -0.1) is 0 Å². The summed E-state index contributed by atoms with van der Waals surface area (Å²) in [5.74, 6) is 1.08. The number of hydrogen-bond donors (Lipinski definition) is 3. The van der Waals surface area contributed by atoms with Crippen molar-refractivity contribution in [1.82, 2.24) is 25.4 Å². The number of carbonyl (C=O) groups is 1. The van der Waals surface area contributed by atoms with Crippen molar-refractivity contribution in [2.24, 2.45) is 4.99 Å². The number of H-pyrrole nitrogens is 1. The maximum atomic E-state index is 12.0. The van der Waals surface area contributed by atoms with Crippen LogP contribution < -0.4 is 10.6 Å². The molecular formula is C21H29ClN6O. The second-order valence-corrected chi connectivity index (χ2v) is 8.27. The molecular weight excluding hydrogens is 388 g/mol. The van der Waals surface area contributed by atoms with Crippen molar-refractivity contribution in [1.29, 1.82) is 0 Å². The summed E-state index contributed by atoms with van der Waals surface area (Å²) in [4.78, 5) is 24.2. The molecule has 2 fully saturated rings. The molecule has 1 aliphatic heterocycles. The molecule has 0 bridgehead atoms. The molecule has 1 aromatic carbocycles. The lowest BCUT2D eigenvalue weighted by Gasteiger charge is -2.36. The van der Waals surface area contributed by atoms with Crippen LogP contribution in [0.15, 0.2) is 29.4 Å². The molecule has 0 atom stereocenters. The van der Waals surface area contributed by atoms with Gasteiger partial charge < -0.3 is 20.5 Å². The Bertz CT molecular complexity index is 882. The Labute approximate surface area is 176 Å². The number of halogens is 1. The van der Waals surface area contributed by atoms with Gasteiger partial charge in [0.05, 0.1) is 6.54 Å². The topological polar surface area (TPSA) is 75.8 Å². The van der Waals surface area contributed by atoms with Crippen molar-refractivity contribution < 1.29 is 4.79 Å². The van der Waals surface area contributed by atoms with Gasteiger partial charge in [-0.3, -0.25) is 14.7 Å². The number of fused-ring (bicyclic) bond motifs is 1. The molecule has 1 saturated carbocycles. The van der Waals surface area contributed by atoms with Crippen molar-refractivity contribution in [3.63, 3.8) is 0 Å². The minimum absolute atomic E-state index is 0.155. The zero-order chi connectivity index (χ0) is 20.2. The predicted octanol–water partition coefficient (Wildman–Crippen LogP) is 1.84. The minimum Gasteiger partial charge on any atom is -0.361 e. The molecule has 7 nitrogen and oxygen atoms in total. The van der Waals surface area contributed by atoms with Crippen LogP contribution in [0.5, 0.6) is 0 Å². The first-order valence-corrected chi connectivity index (χ1v) is 10.7. The van der Waals surface area contributed by atoms with E-state index in [1.807, 2.05) is 25.2 Å². The highest BCUT2D eigenvalue weighted by Gasteiger charge is 2.25. The molecule has 0 radical (unpaired) electrons. The fourth-order valence-corrected chi connectivity index (χ4v) is 3.99. The zero-order valence-electron chi connectivity index (χ0n) is 16.9. The SMILES string of the molecule is CN=C(NCCc1c[nH]c2ccc(Cl)cc12)N1CCN(CC(=O)NC2CC2)CC1. The van der Waals surface area contributed by atoms with Crippen LogP contribution in [0.2, 0.25) is 5.02 Å². The number of benzene rings is 1. The van der Waals surface area contributed by atoms with Gasteiger partial charge in [0, 0.05) is 67.9 Å². The molecule has 2 heterocycles. The van der Waals surface area contributed by atoms with Gasteiger partial charge in [0.25, 0.3) is 0 Å². The molecule has 29 heavy (non-hydrogen) atoms. The zero-order valence-corrected chi connectivity index (χ0v) is 17.6. The molecule has 2 aliphatic rings. The first-order chi connectivity index (χ1) is 14.1. The summed E-state index contributed by atoms with van der Waals surface area (Å²) in [6.45, 7) is 4.80. The quantitative estimate of drug-likeness (QED) is 0.496. The number of aromatic amines is 1. The van der Waals surface area contributed by atoms with E-state index in [-0.39, 0.29) is 5.91 Å². The number of aromatic nitrogens is 1. The average Bonchev–Trinajstić information content (AvgIpc) is 3.44. The van der Waals surface area contributed by atoms with E-state index in [4.69, 9.17) is 11.6 Å². The summed E-state index contributed by atoms with van der Waals surface area (Å²) in [6, 6.07) is 6.35. The standard InChI is InChI=1S/C21H29ClN6O/c1-23-21(24-7-6-15-13-25-19-5-2-16(22)12-18(15)19)28-10-8-27(9-11-28)14-20(29)26-17-3-4-17/h2,5,12-13,17,25H,3-4,6-11,14H2,1H3,(H,23,24)(H,26,29). The Hall–Kier alpha value is -2.25. The fourth-order valence-electron chi connectivity index (χ4n) is 3.82. The Morgan fingerprint density at radius 3 is 2.79 bits per heavy atom. The van der Waals surface area contributed by atoms with E-state index in [1.165, 1.54) is 10.9 Å². The van der Waals surface area contributed by atoms with Crippen LogP contribution in [0.3, 0.4) is 0 Å². The summed E-state index contributed by atoms with van der Waals surface area (Å²) >= 11 is 6.14. The average molecular weight is 417 g/mol. The van der Waals surface area contributed by atoms with Crippen molar-refractivity contribution in [2.45, 2.75) is 25.3 Å². The van der Waals surface area contributed by atoms with E-state index in [9.17, 15) is 4.79 Å². The number of piperazine rings is 1. The lowest BCUT2D eigenvalue weighted by atomic mass is 10.1. The third-order valence-corrected chi connectivity index (χ3v) is 5.84. The van der Waals surface area contributed by atoms with Crippen LogP contribution in [-0.4, -0.2) is 79.0 Å². The number of guanidine groups is 1. The molecule has 1 aliphatic carbocycles. The number of nitrogens with one attached hydrogen (secondary N) is 3. The highest BCUT2D eigenvalue weighted by Crippen LogP contribution is 2.22. The third kappa shape index (κ3) is 5.22. The molecule has 2 aromatic rings. The number of nitrogens with zero attached hydrogens (tertiary/aromatic N) is 3. The predicted molar refractivity (Wildman–Crippen MR) is 118 cm³/mol. The maximum Gasteiger partial charge on any atom is 0.234 e. The maximum absolute atomic E-state index is 12.0. The smallest absolute Gasteiger partial charge is 0.234 e. The molecule has 0 unspecified atom stereocenters. The van der Waals surface area contributed by atoms with Crippen LogP contribution in [0.25, 0.3) is 10.9 Å². The van der Waals surface area contributed by atoms with Gasteiger partial charge in [-0.05, 0) is 43.0 Å². The van der Waals surface area contributed by atoms with E-state index in [0.717, 1.165) is 68.5 Å². The van der Waals surface area contributed by atoms with Crippen LogP contribution >= 0.6 is 11.6 Å². The molecule has 1 aromatic heterocycles. The number of hydrogen-bond acceptors (Lipinski definition) is 3. The summed E-state index contributed by atoms with van der Waals surface area (Å²) in [5.41, 5.74) is 2.35. The van der Waals surface area contributed by atoms with Gasteiger partial charge >= 0.3 is 0 Å². The summed E-state index contributed by atoms with van der Waals surface area (Å²) in [6.07, 6.45) is 5.21. The van der Waals surface area contributed by atoms with E-state index in [2.05, 4.69) is 36.6 Å². The Kier molecular flexibility index (Phi) is 6.25. The summed E-state index contributed by atoms with van der Waals surface area (Å²) < 4.78 is 0. The first-order valence-electron chi connectivity index (χ1n) is 10.3. The Morgan fingerprint density at radius 1 is 1.28 bits per heavy atom. The highest BCUT2D eigenvalue weighted by atomic mass is 35.5. The summed E-state index contributed by atoms with van der Waals surface area (Å²) in [5, 5.41) is 8.47. The lowest BCUT2D eigenvalue weighted by molar-refractivity contribution is -0.122. The van der Waals surface area contributed by atoms with E-state index >= 15 is 0 Å². The van der Waals surface area contributed by atoms with Gasteiger partial charge in [-0.25, -0.2) is 0 Å². The van der Waals surface area contributed by atoms with Gasteiger partial charge in [0.15, 0.2) is 5.96 Å². The second-order valence-electron chi connectivity index (χ2n) is 7.83. The van der Waals surface area contributed by atoms with E-state index < -0.39 is 0 Å². The fraction of sp³-hybridized carbons (Fsp3) is 0.524. The number of amides is 1. The number of rotatable bonds is 6. The molecule has 4 rings (SSSR count). The lowest BCUT2D eigenvalue weighted by Crippen LogP contribution is -2.54.